The van der Waals surface area contributed by atoms with Crippen LogP contribution in [-0.2, 0) is 49.7 Å². The minimum absolute atomic E-state index is 0.111. The van der Waals surface area contributed by atoms with Crippen molar-refractivity contribution < 1.29 is 43.3 Å². The third-order valence-corrected chi connectivity index (χ3v) is 14.0. The van der Waals surface area contributed by atoms with Gasteiger partial charge in [-0.25, -0.2) is 9.79 Å². The van der Waals surface area contributed by atoms with Gasteiger partial charge >= 0.3 is 6.09 Å². The maximum absolute atomic E-state index is 14.6. The number of aliphatic hydroxyl groups is 1. The van der Waals surface area contributed by atoms with E-state index in [1.54, 1.807) is 26.4 Å². The number of carbonyl (C=O) groups is 5. The fourth-order valence-corrected chi connectivity index (χ4v) is 9.62. The number of methoxy groups -OCH3 is 2. The van der Waals surface area contributed by atoms with Crippen molar-refractivity contribution in [2.45, 2.75) is 102 Å². The number of allylic oxidation sites excluding steroid dienone is 1. The Hall–Kier alpha value is -8.76. The number of aliphatic imine (C=N–C) groups is 1. The van der Waals surface area contributed by atoms with Crippen molar-refractivity contribution in [3.8, 4) is 22.6 Å². The van der Waals surface area contributed by atoms with Crippen LogP contribution >= 0.6 is 0 Å². The normalized spacial score (nSPS) is 13.2. The number of rotatable bonds is 28. The van der Waals surface area contributed by atoms with Gasteiger partial charge in [-0.3, -0.25) is 24.5 Å². The van der Waals surface area contributed by atoms with E-state index >= 15 is 0 Å². The fourth-order valence-electron chi connectivity index (χ4n) is 9.62. The monoisotopic (exact) mass is 1100 g/mol. The molecule has 0 fully saturated rings. The molecule has 1 aliphatic rings. The Morgan fingerprint density at radius 1 is 0.605 bits per heavy atom. The molecule has 5 amide bonds. The summed E-state index contributed by atoms with van der Waals surface area (Å²) in [5.74, 6) is -0.520. The van der Waals surface area contributed by atoms with Crippen molar-refractivity contribution in [1.29, 1.82) is 0 Å². The number of alkyl carbamates (subject to hydrolysis) is 1. The first-order valence-corrected chi connectivity index (χ1v) is 27.6. The van der Waals surface area contributed by atoms with E-state index in [1.807, 2.05) is 141 Å². The maximum atomic E-state index is 14.6. The molecule has 6 aromatic rings. The maximum Gasteiger partial charge on any atom is 0.413 e. The zero-order valence-corrected chi connectivity index (χ0v) is 46.6. The van der Waals surface area contributed by atoms with Crippen LogP contribution in [0.5, 0.6) is 11.5 Å². The zero-order valence-electron chi connectivity index (χ0n) is 46.6. The largest absolute Gasteiger partial charge is 0.497 e. The number of aliphatic hydroxyl groups excluding tert-OH is 1. The third kappa shape index (κ3) is 19.0. The van der Waals surface area contributed by atoms with Gasteiger partial charge in [-0.05, 0) is 115 Å². The number of nitrogens with zero attached hydrogens (tertiary/aromatic N) is 1. The van der Waals surface area contributed by atoms with Crippen molar-refractivity contribution in [3.63, 3.8) is 0 Å². The van der Waals surface area contributed by atoms with Crippen LogP contribution in [0, 0.1) is 0 Å². The smallest absolute Gasteiger partial charge is 0.413 e. The van der Waals surface area contributed by atoms with Crippen LogP contribution < -0.4 is 41.4 Å². The van der Waals surface area contributed by atoms with E-state index in [-0.39, 0.29) is 69.7 Å². The highest BCUT2D eigenvalue weighted by Gasteiger charge is 2.31. The summed E-state index contributed by atoms with van der Waals surface area (Å²) in [7, 11) is 3.16. The van der Waals surface area contributed by atoms with Crippen molar-refractivity contribution >= 4 is 35.7 Å². The first-order chi connectivity index (χ1) is 39.3. The zero-order chi connectivity index (χ0) is 57.3. The Morgan fingerprint density at radius 2 is 1.17 bits per heavy atom. The van der Waals surface area contributed by atoms with E-state index in [0.29, 0.717) is 25.0 Å². The van der Waals surface area contributed by atoms with Gasteiger partial charge in [0.05, 0.1) is 39.3 Å². The highest BCUT2D eigenvalue weighted by molar-refractivity contribution is 5.94. The van der Waals surface area contributed by atoms with Crippen LogP contribution in [0.4, 0.5) is 4.79 Å². The summed E-state index contributed by atoms with van der Waals surface area (Å²) in [4.78, 5) is 74.1. The molecule has 0 spiro atoms. The summed E-state index contributed by atoms with van der Waals surface area (Å²) in [6.07, 6.45) is 1.38. The Balaban J connectivity index is 1.03. The van der Waals surface area contributed by atoms with E-state index in [1.165, 1.54) is 0 Å². The van der Waals surface area contributed by atoms with Crippen LogP contribution in [0.2, 0.25) is 0 Å². The van der Waals surface area contributed by atoms with E-state index in [9.17, 15) is 29.1 Å². The number of nitrogens with one attached hydrogen (secondary N) is 6. The van der Waals surface area contributed by atoms with Gasteiger partial charge in [0.25, 0.3) is 0 Å². The average molecular weight is 1100 g/mol. The summed E-state index contributed by atoms with van der Waals surface area (Å²) in [6.45, 7) is 4.77. The Kier molecular flexibility index (Phi) is 23.0. The highest BCUT2D eigenvalue weighted by Crippen LogP contribution is 2.44. The lowest BCUT2D eigenvalue weighted by molar-refractivity contribution is -0.131. The van der Waals surface area contributed by atoms with Crippen LogP contribution in [-0.4, -0.2) is 98.9 Å². The number of carbonyl (C=O) groups excluding carboxylic acids is 5. The molecule has 0 heterocycles. The summed E-state index contributed by atoms with van der Waals surface area (Å²) in [6, 6.07) is 46.6. The predicted octanol–water partition coefficient (Wildman–Crippen LogP) is 8.26. The molecule has 0 bridgehead atoms. The third-order valence-electron chi connectivity index (χ3n) is 14.0. The minimum atomic E-state index is -1.42. The lowest BCUT2D eigenvalue weighted by atomic mass is 9.97. The van der Waals surface area contributed by atoms with Crippen LogP contribution in [0.15, 0.2) is 174 Å². The molecule has 7 rings (SSSR count). The molecule has 0 radical (unpaired) electrons. The first-order valence-electron chi connectivity index (χ1n) is 27.6. The quantitative estimate of drug-likeness (QED) is 0.0108. The summed E-state index contributed by atoms with van der Waals surface area (Å²) < 4.78 is 16.4. The number of benzene rings is 6. The molecule has 424 valence electrons. The molecule has 81 heavy (non-hydrogen) atoms. The van der Waals surface area contributed by atoms with Crippen LogP contribution in [0.1, 0.15) is 85.3 Å². The Morgan fingerprint density at radius 3 is 1.79 bits per heavy atom. The molecule has 16 heteroatoms. The van der Waals surface area contributed by atoms with Crippen molar-refractivity contribution in [3.05, 3.63) is 203 Å². The summed E-state index contributed by atoms with van der Waals surface area (Å²) >= 11 is 0. The summed E-state index contributed by atoms with van der Waals surface area (Å²) in [5.41, 5.74) is 8.90. The molecule has 16 nitrogen and oxygen atoms in total. The van der Waals surface area contributed by atoms with Crippen molar-refractivity contribution in [2.24, 2.45) is 4.99 Å². The number of aryl methyl sites for hydroxylation is 1. The molecule has 0 aliphatic heterocycles. The second kappa shape index (κ2) is 31.1. The Labute approximate surface area is 475 Å². The molecule has 6 aromatic carbocycles. The van der Waals surface area contributed by atoms with Gasteiger partial charge in [0.15, 0.2) is 0 Å². The lowest BCUT2D eigenvalue weighted by Gasteiger charge is -2.28. The molecular formula is C65H75N7O9. The van der Waals surface area contributed by atoms with Gasteiger partial charge in [-0.1, -0.05) is 145 Å². The molecule has 1 aliphatic carbocycles. The Bertz CT molecular complexity index is 3010. The molecule has 4 atom stereocenters. The molecule has 0 saturated carbocycles. The molecular weight excluding hydrogens is 1020 g/mol. The minimum Gasteiger partial charge on any atom is -0.497 e. The number of hydrogen-bond donors (Lipinski definition) is 7. The molecule has 0 aromatic heterocycles. The number of ether oxygens (including phenoxy) is 3. The van der Waals surface area contributed by atoms with Gasteiger partial charge in [0.2, 0.25) is 29.6 Å². The summed E-state index contributed by atoms with van der Waals surface area (Å²) in [5, 5.41) is 29.6. The van der Waals surface area contributed by atoms with E-state index in [0.717, 1.165) is 55.8 Å². The van der Waals surface area contributed by atoms with Gasteiger partial charge in [-0.15, -0.1) is 0 Å². The second-order valence-electron chi connectivity index (χ2n) is 20.3. The van der Waals surface area contributed by atoms with Gasteiger partial charge in [0.1, 0.15) is 30.2 Å². The topological polar surface area (TPSA) is 218 Å². The van der Waals surface area contributed by atoms with E-state index in [4.69, 9.17) is 14.2 Å². The number of guanidine groups is 1. The van der Waals surface area contributed by atoms with Crippen LogP contribution in [0.25, 0.3) is 11.1 Å². The number of fused-ring (bicyclic) bond motifs is 3. The fraction of sp³-hybridized carbons (Fsp3) is 0.323. The van der Waals surface area contributed by atoms with E-state index in [2.05, 4.69) is 61.2 Å². The standard InChI is InChI=1S/C65H75N7O9/c1-44(2)36-38-67-64(72-65(78)81-43-55-53-24-13-11-22-51(53)52-23-12-14-25-54(52)55)66-37-16-26-56(69-60(74)27-15-21-45-28-32-49(79-3)33-29-45)63(77)71-57(39-46-17-7-5-8-18-46)59(73)41-61(75)70-58(40-47-30-34-50(80-4)35-31-47)62(76)68-42-48-19-9-6-10-20-48/h5-14,17-20,22-25,28-36,55-59,73H,15-16,21,26-27,37-43H2,1-4H3,(H,68,76)(H,69,74)(H,70,75)(H,71,77)(H2,66,67,72,78)/t56-,57+,58+,59+/m1/s1. The first kappa shape index (κ1) is 59.9. The molecule has 0 saturated heterocycles. The average Bonchev–Trinajstić information content (AvgIpc) is 3.98. The predicted molar refractivity (Wildman–Crippen MR) is 315 cm³/mol. The van der Waals surface area contributed by atoms with Gasteiger partial charge in [0, 0.05) is 31.8 Å². The van der Waals surface area contributed by atoms with Crippen molar-refractivity contribution in [2.75, 3.05) is 33.9 Å². The van der Waals surface area contributed by atoms with Gasteiger partial charge in [-0.2, -0.15) is 0 Å². The van der Waals surface area contributed by atoms with Gasteiger partial charge < -0.3 is 45.9 Å². The molecule has 0 unspecified atom stereocenters. The second-order valence-corrected chi connectivity index (χ2v) is 20.3. The molecule has 7 N–H and O–H groups in total. The van der Waals surface area contributed by atoms with Crippen molar-refractivity contribution in [1.82, 2.24) is 31.9 Å². The number of amides is 5. The number of hydrogen-bond acceptors (Lipinski definition) is 10. The highest BCUT2D eigenvalue weighted by atomic mass is 16.5. The lowest BCUT2D eigenvalue weighted by Crippen LogP contribution is -2.54. The SMILES string of the molecule is COc1ccc(CCCC(=O)N[C@H](CCCNC(=NCC=C(C)C)NC(=O)OCC2c3ccccc3-c3ccccc32)C(=O)N[C@@H](Cc2ccccc2)[C@@H](O)CC(=O)N[C@@H](Cc2ccc(OC)cc2)C(=O)NCc2ccccc2)cc1. The van der Waals surface area contributed by atoms with E-state index < -0.39 is 54.5 Å². The van der Waals surface area contributed by atoms with Crippen LogP contribution in [0.3, 0.4) is 0 Å².